The van der Waals surface area contributed by atoms with Gasteiger partial charge in [-0.1, -0.05) is 454 Å². The number of hydrogen-bond acceptors (Lipinski definition) is 5. The van der Waals surface area contributed by atoms with Crippen LogP contribution >= 0.6 is 0 Å². The lowest BCUT2D eigenvalue weighted by molar-refractivity contribution is 0.590. The van der Waals surface area contributed by atoms with E-state index in [4.69, 9.17) is 9.40 Å². The van der Waals surface area contributed by atoms with Crippen LogP contribution in [0.25, 0.3) is 187 Å². The first kappa shape index (κ1) is 93.5. The molecule has 0 atom stereocenters. The van der Waals surface area contributed by atoms with Crippen LogP contribution in [0.5, 0.6) is 0 Å². The zero-order chi connectivity index (χ0) is 101. The van der Waals surface area contributed by atoms with E-state index in [9.17, 15) is 0 Å². The van der Waals surface area contributed by atoms with Crippen LogP contribution in [0.15, 0.2) is 563 Å². The van der Waals surface area contributed by atoms with E-state index < -0.39 is 0 Å². The summed E-state index contributed by atoms with van der Waals surface area (Å²) in [5, 5.41) is 17.2. The van der Waals surface area contributed by atoms with Gasteiger partial charge in [-0.2, -0.15) is 0 Å². The number of rotatable bonds is 18. The number of aromatic nitrogens is 1. The van der Waals surface area contributed by atoms with Crippen molar-refractivity contribution in [1.29, 1.82) is 0 Å². The van der Waals surface area contributed by atoms with Gasteiger partial charge in [-0.15, -0.1) is 0 Å². The number of hydrogen-bond donors (Lipinski definition) is 0. The zero-order valence-electron chi connectivity index (χ0n) is 84.8. The summed E-state index contributed by atoms with van der Waals surface area (Å²) in [5.74, 6) is 0. The minimum Gasteiger partial charge on any atom is -0.456 e. The molecule has 2 aromatic heterocycles. The molecule has 0 N–H and O–H groups in total. The highest BCUT2D eigenvalue weighted by atomic mass is 16.3. The lowest BCUT2D eigenvalue weighted by atomic mass is 9.86. The molecule has 0 aliphatic rings. The van der Waals surface area contributed by atoms with E-state index in [0.717, 1.165) is 95.6 Å². The molecule has 0 spiro atoms. The van der Waals surface area contributed by atoms with Crippen molar-refractivity contribution in [1.82, 2.24) is 4.98 Å². The first-order valence-electron chi connectivity index (χ1n) is 51.8. The number of nitrogens with zero attached hydrogens (tertiary/aromatic N) is 4. The maximum atomic E-state index is 6.40. The van der Waals surface area contributed by atoms with Gasteiger partial charge in [0, 0.05) is 78.9 Å². The second-order valence-electron chi connectivity index (χ2n) is 40.9. The van der Waals surface area contributed by atoms with Gasteiger partial charge >= 0.3 is 0 Å². The predicted octanol–water partition coefficient (Wildman–Crippen LogP) is 41.3. The first-order chi connectivity index (χ1) is 73.6. The van der Waals surface area contributed by atoms with Crippen molar-refractivity contribution >= 4 is 138 Å². The number of benzene rings is 24. The summed E-state index contributed by atoms with van der Waals surface area (Å²) in [4.78, 5) is 12.1. The van der Waals surface area contributed by atoms with Crippen LogP contribution in [-0.2, 0) is 10.8 Å². The van der Waals surface area contributed by atoms with Crippen molar-refractivity contribution in [2.24, 2.45) is 0 Å². The van der Waals surface area contributed by atoms with Crippen LogP contribution in [-0.4, -0.2) is 4.98 Å². The highest BCUT2D eigenvalue weighted by Crippen LogP contribution is 2.49. The first-order valence-corrected chi connectivity index (χ1v) is 51.8. The average Bonchev–Trinajstić information content (AvgIpc) is 1.21. The third-order valence-corrected chi connectivity index (χ3v) is 29.3. The summed E-state index contributed by atoms with van der Waals surface area (Å²) in [5.41, 5.74) is 35.6. The largest absolute Gasteiger partial charge is 0.456 e. The lowest BCUT2D eigenvalue weighted by Gasteiger charge is -2.28. The summed E-state index contributed by atoms with van der Waals surface area (Å²) in [6.45, 7) is 13.6. The molecule has 2 heterocycles. The fourth-order valence-corrected chi connectivity index (χ4v) is 21.3. The molecule has 0 radical (unpaired) electrons. The molecule has 150 heavy (non-hydrogen) atoms. The standard InChI is InChI=1S/C52H47N.C50H33NO.C43H30N2/c1-51(2,3)44-25-16-36(17-26-44)38-20-29-46(30-21-38)53(47-31-22-39(23-32-47)37-18-27-45(28-19-37)52(4,5)6)48-12-9-11-41(35-48)42-24-33-50-43(34-42)15-14-40-10-7-8-13-49(40)50;1-3-12-34(13-4-1)37-16-11-17-38(30-37)35-22-24-40(25-23-35)51(42-27-29-47-46-20-9-10-21-49(46)52-50(47)33-42)41-26-28-43-39(31-41)32-48(36-14-5-2-6-15-36)45-19-8-7-18-44(43)45;1-3-12-31(13-4-1)32-22-26-36(27-23-32)45(43-30-35-16-7-8-17-38(35)39-18-9-10-19-40(39)43)37-28-24-34(25-29-37)42-21-11-20-41(44-42)33-14-5-2-6-15-33/h7-35H,1-6H3;1-33H;1-30H. The van der Waals surface area contributed by atoms with Crippen molar-refractivity contribution in [3.05, 3.63) is 569 Å². The van der Waals surface area contributed by atoms with Crippen molar-refractivity contribution < 1.29 is 4.42 Å². The smallest absolute Gasteiger partial charge is 0.137 e. The van der Waals surface area contributed by atoms with Crippen LogP contribution in [0.3, 0.4) is 0 Å². The molecule has 26 aromatic rings. The van der Waals surface area contributed by atoms with Crippen molar-refractivity contribution in [2.45, 2.75) is 52.4 Å². The number of furan rings is 1. The maximum absolute atomic E-state index is 6.40. The summed E-state index contributed by atoms with van der Waals surface area (Å²) < 4.78 is 6.40. The topological polar surface area (TPSA) is 35.8 Å². The Labute approximate surface area is 877 Å². The minimum absolute atomic E-state index is 0.129. The van der Waals surface area contributed by atoms with Crippen LogP contribution in [0.1, 0.15) is 52.7 Å². The third-order valence-electron chi connectivity index (χ3n) is 29.3. The quantitative estimate of drug-likeness (QED) is 0.0800. The fourth-order valence-electron chi connectivity index (χ4n) is 21.3. The second-order valence-corrected chi connectivity index (χ2v) is 40.9. The number of pyridine rings is 1. The summed E-state index contributed by atoms with van der Waals surface area (Å²) >= 11 is 0. The Bertz CT molecular complexity index is 9280. The Morgan fingerprint density at radius 1 is 0.160 bits per heavy atom. The molecule has 5 nitrogen and oxygen atoms in total. The summed E-state index contributed by atoms with van der Waals surface area (Å²) in [7, 11) is 0. The minimum atomic E-state index is 0.129. The van der Waals surface area contributed by atoms with E-state index in [2.05, 4.69) is 596 Å². The number of anilines is 9. The van der Waals surface area contributed by atoms with E-state index in [-0.39, 0.29) is 10.8 Å². The van der Waals surface area contributed by atoms with Gasteiger partial charge in [0.25, 0.3) is 0 Å². The molecule has 0 saturated carbocycles. The molecule has 716 valence electrons. The third kappa shape index (κ3) is 19.2. The summed E-state index contributed by atoms with van der Waals surface area (Å²) in [6.07, 6.45) is 0. The van der Waals surface area contributed by atoms with Crippen molar-refractivity contribution in [2.75, 3.05) is 14.7 Å². The van der Waals surface area contributed by atoms with E-state index in [1.54, 1.807) is 0 Å². The van der Waals surface area contributed by atoms with Crippen molar-refractivity contribution in [3.63, 3.8) is 0 Å². The Morgan fingerprint density at radius 2 is 0.467 bits per heavy atom. The molecule has 5 heteroatoms. The molecular formula is C145H110N4O. The van der Waals surface area contributed by atoms with Gasteiger partial charge in [0.15, 0.2) is 0 Å². The van der Waals surface area contributed by atoms with Gasteiger partial charge in [-0.3, -0.25) is 0 Å². The SMILES string of the molecule is CC(C)(C)c1ccc(-c2ccc(N(c3ccc(-c4ccc(C(C)(C)C)cc4)cc3)c3cccc(-c4ccc5c(ccc6ccccc65)c4)c3)cc2)cc1.c1ccc(-c2ccc(N(c3ccc(-c4cccc(-c5ccccc5)n4)cc3)c3cc4ccccc4c4ccccc34)cc2)cc1.c1ccc(-c2cccc(-c3ccc(N(c4ccc5c(c4)cc(-c4ccccc4)c4ccccc45)c4ccc5c(c4)oc4ccccc45)cc3)c2)cc1. The maximum Gasteiger partial charge on any atom is 0.137 e. The monoisotopic (exact) mass is 1920 g/mol. The van der Waals surface area contributed by atoms with Gasteiger partial charge in [0.05, 0.1) is 17.1 Å². The van der Waals surface area contributed by atoms with E-state index >= 15 is 0 Å². The molecule has 0 amide bonds. The van der Waals surface area contributed by atoms with Gasteiger partial charge in [-0.25, -0.2) is 4.98 Å². The van der Waals surface area contributed by atoms with E-state index in [0.29, 0.717) is 0 Å². The molecule has 0 aliphatic heterocycles. The molecule has 0 aliphatic carbocycles. The van der Waals surface area contributed by atoms with Gasteiger partial charge in [0.2, 0.25) is 0 Å². The van der Waals surface area contributed by atoms with Crippen LogP contribution in [0, 0.1) is 0 Å². The molecule has 0 saturated heterocycles. The molecular weight excluding hydrogens is 1810 g/mol. The predicted molar refractivity (Wildman–Crippen MR) is 640 cm³/mol. The average molecular weight is 1920 g/mol. The Morgan fingerprint density at radius 3 is 1.01 bits per heavy atom. The Hall–Kier alpha value is -18.8. The number of para-hydroxylation sites is 1. The Kier molecular flexibility index (Phi) is 25.3. The summed E-state index contributed by atoms with van der Waals surface area (Å²) in [6, 6.07) is 201. The highest BCUT2D eigenvalue weighted by molar-refractivity contribution is 6.17. The van der Waals surface area contributed by atoms with Crippen molar-refractivity contribution in [3.8, 4) is 100 Å². The zero-order valence-corrected chi connectivity index (χ0v) is 84.8. The van der Waals surface area contributed by atoms with Crippen LogP contribution in [0.2, 0.25) is 0 Å². The van der Waals surface area contributed by atoms with Crippen LogP contribution in [0.4, 0.5) is 51.2 Å². The van der Waals surface area contributed by atoms with Gasteiger partial charge < -0.3 is 19.1 Å². The van der Waals surface area contributed by atoms with Crippen LogP contribution < -0.4 is 14.7 Å². The molecule has 0 bridgehead atoms. The normalized spacial score (nSPS) is 11.5. The highest BCUT2D eigenvalue weighted by Gasteiger charge is 2.25. The molecule has 0 fully saturated rings. The van der Waals surface area contributed by atoms with E-state index in [1.165, 1.54) is 154 Å². The molecule has 0 unspecified atom stereocenters. The van der Waals surface area contributed by atoms with E-state index in [1.807, 2.05) is 18.2 Å². The Balaban J connectivity index is 0.000000120. The van der Waals surface area contributed by atoms with Gasteiger partial charge in [0.1, 0.15) is 11.2 Å². The molecule has 24 aromatic carbocycles. The lowest BCUT2D eigenvalue weighted by Crippen LogP contribution is -2.10. The fraction of sp³-hybridized carbons (Fsp3) is 0.0552. The second kappa shape index (κ2) is 40.7. The van der Waals surface area contributed by atoms with Gasteiger partial charge in [-0.05, 0) is 299 Å². The number of fused-ring (bicyclic) bond motifs is 12. The molecule has 26 rings (SSSR count).